The Kier molecular flexibility index (Phi) is 6.52. The van der Waals surface area contributed by atoms with E-state index in [0.29, 0.717) is 28.2 Å². The molecule has 2 heterocycles. The molecule has 0 unspecified atom stereocenters. The highest BCUT2D eigenvalue weighted by Crippen LogP contribution is 2.28. The zero-order valence-corrected chi connectivity index (χ0v) is 20.3. The molecule has 0 fully saturated rings. The van der Waals surface area contributed by atoms with Gasteiger partial charge in [0.15, 0.2) is 0 Å². The average molecular weight is 534 g/mol. The summed E-state index contributed by atoms with van der Waals surface area (Å²) in [7, 11) is -3.18. The number of aryl methyl sites for hydroxylation is 1. The molecule has 0 radical (unpaired) electrons. The Labute approximate surface area is 203 Å². The van der Waals surface area contributed by atoms with Crippen LogP contribution in [0.4, 0.5) is 13.2 Å². The predicted octanol–water partition coefficient (Wildman–Crippen LogP) is 5.11. The van der Waals surface area contributed by atoms with Crippen LogP contribution in [-0.2, 0) is 29.5 Å². The molecule has 2 aromatic carbocycles. The smallest absolute Gasteiger partial charge is 0.343 e. The summed E-state index contributed by atoms with van der Waals surface area (Å²) in [4.78, 5) is 13.1. The molecule has 6 nitrogen and oxygen atoms in total. The Hall–Kier alpha value is -2.43. The molecule has 0 saturated heterocycles. The first-order valence-electron chi connectivity index (χ1n) is 10.2. The van der Waals surface area contributed by atoms with E-state index in [1.165, 1.54) is 10.6 Å². The topological polar surface area (TPSA) is 66.0 Å². The number of halogens is 5. The van der Waals surface area contributed by atoms with Gasteiger partial charge in [0, 0.05) is 34.4 Å². The maximum atomic E-state index is 13.2. The monoisotopic (exact) mass is 533 g/mol. The number of aromatic nitrogens is 3. The van der Waals surface area contributed by atoms with Crippen LogP contribution >= 0.6 is 23.2 Å². The minimum atomic E-state index is -4.61. The number of nitrogens with zero attached hydrogens (tertiary/aromatic N) is 3. The van der Waals surface area contributed by atoms with Gasteiger partial charge in [0.05, 0.1) is 28.4 Å². The van der Waals surface area contributed by atoms with Crippen LogP contribution in [0, 0.1) is 0 Å². The number of para-hydroxylation sites is 1. The molecule has 0 aliphatic heterocycles. The van der Waals surface area contributed by atoms with Gasteiger partial charge in [-0.25, -0.2) is 13.2 Å². The molecule has 182 valence electrons. The molecule has 0 spiro atoms. The number of benzene rings is 2. The number of rotatable bonds is 7. The van der Waals surface area contributed by atoms with E-state index < -0.39 is 28.2 Å². The van der Waals surface area contributed by atoms with Gasteiger partial charge in [0.1, 0.15) is 16.4 Å². The zero-order valence-electron chi connectivity index (χ0n) is 17.9. The number of fused-ring (bicyclic) bond motifs is 2. The van der Waals surface area contributed by atoms with Gasteiger partial charge >= 0.3 is 11.9 Å². The third kappa shape index (κ3) is 5.13. The Morgan fingerprint density at radius 2 is 1.71 bits per heavy atom. The third-order valence-corrected chi connectivity index (χ3v) is 7.06. The highest BCUT2D eigenvalue weighted by molar-refractivity contribution is 7.90. The van der Waals surface area contributed by atoms with E-state index in [2.05, 4.69) is 0 Å². The molecule has 2 aromatic heterocycles. The molecule has 0 N–H and O–H groups in total. The maximum absolute atomic E-state index is 13.2. The lowest BCUT2D eigenvalue weighted by Gasteiger charge is -2.12. The summed E-state index contributed by atoms with van der Waals surface area (Å²) >= 11 is 12.3. The van der Waals surface area contributed by atoms with Crippen LogP contribution in [0.25, 0.3) is 21.9 Å². The summed E-state index contributed by atoms with van der Waals surface area (Å²) in [6.07, 6.45) is -3.13. The van der Waals surface area contributed by atoms with Crippen LogP contribution in [-0.4, -0.2) is 40.3 Å². The summed E-state index contributed by atoms with van der Waals surface area (Å²) in [6, 6.07) is 11.6. The lowest BCUT2D eigenvalue weighted by molar-refractivity contribution is -0.140. The second-order valence-electron chi connectivity index (χ2n) is 8.15. The van der Waals surface area contributed by atoms with Crippen LogP contribution in [0.5, 0.6) is 0 Å². The summed E-state index contributed by atoms with van der Waals surface area (Å²) in [5, 5.41) is 1.31. The molecule has 0 amide bonds. The van der Waals surface area contributed by atoms with Crippen molar-refractivity contribution in [3.05, 3.63) is 68.7 Å². The van der Waals surface area contributed by atoms with Crippen molar-refractivity contribution in [1.29, 1.82) is 0 Å². The fraction of sp³-hybridized carbons (Fsp3) is 0.318. The second kappa shape index (κ2) is 8.98. The number of imidazole rings is 1. The lowest BCUT2D eigenvalue weighted by Crippen LogP contribution is -2.30. The molecule has 0 aliphatic rings. The van der Waals surface area contributed by atoms with Crippen LogP contribution in [0.3, 0.4) is 0 Å². The lowest BCUT2D eigenvalue weighted by atomic mass is 10.2. The van der Waals surface area contributed by atoms with Gasteiger partial charge < -0.3 is 4.57 Å². The average Bonchev–Trinajstić information content (AvgIpc) is 3.16. The van der Waals surface area contributed by atoms with Gasteiger partial charge in [-0.2, -0.15) is 13.2 Å². The van der Waals surface area contributed by atoms with E-state index in [0.717, 1.165) is 17.2 Å². The Balaban J connectivity index is 1.85. The van der Waals surface area contributed by atoms with E-state index in [1.807, 2.05) is 4.57 Å². The first-order chi connectivity index (χ1) is 15.8. The first-order valence-corrected chi connectivity index (χ1v) is 13.1. The van der Waals surface area contributed by atoms with Crippen molar-refractivity contribution in [2.75, 3.05) is 12.0 Å². The number of sulfone groups is 1. The van der Waals surface area contributed by atoms with E-state index in [9.17, 15) is 26.4 Å². The van der Waals surface area contributed by atoms with E-state index in [4.69, 9.17) is 23.2 Å². The van der Waals surface area contributed by atoms with Crippen LogP contribution < -0.4 is 5.69 Å². The van der Waals surface area contributed by atoms with Gasteiger partial charge in [0.25, 0.3) is 0 Å². The Morgan fingerprint density at radius 3 is 2.38 bits per heavy atom. The quantitative estimate of drug-likeness (QED) is 0.331. The molecule has 12 heteroatoms. The van der Waals surface area contributed by atoms with Crippen molar-refractivity contribution in [2.24, 2.45) is 0 Å². The second-order valence-corrected chi connectivity index (χ2v) is 11.3. The highest BCUT2D eigenvalue weighted by atomic mass is 35.5. The number of hydrogen-bond donors (Lipinski definition) is 0. The predicted molar refractivity (Wildman–Crippen MR) is 128 cm³/mol. The third-order valence-electron chi connectivity index (χ3n) is 5.49. The summed E-state index contributed by atoms with van der Waals surface area (Å²) in [5.41, 5.74) is 0.838. The molecule has 0 atom stereocenters. The fourth-order valence-electron chi connectivity index (χ4n) is 4.15. The first kappa shape index (κ1) is 24.7. The maximum Gasteiger partial charge on any atom is 0.406 e. The van der Waals surface area contributed by atoms with Gasteiger partial charge in [-0.1, -0.05) is 29.3 Å². The van der Waals surface area contributed by atoms with Gasteiger partial charge in [0.2, 0.25) is 0 Å². The van der Waals surface area contributed by atoms with E-state index in [1.54, 1.807) is 36.4 Å². The van der Waals surface area contributed by atoms with Crippen molar-refractivity contribution in [2.45, 2.75) is 32.2 Å². The molecule has 4 rings (SSSR count). The standard InChI is InChI=1S/C22H20Cl2F3N3O3S/c1-34(32,33)9-3-8-28-16(11-14-10-15(23)6-7-18(14)28)12-29-19-5-2-4-17(24)20(19)30(21(29)31)13-22(25,26)27/h2,4-7,10-11H,3,8-9,12-13H2,1H3. The number of alkyl halides is 3. The van der Waals surface area contributed by atoms with Crippen molar-refractivity contribution in [3.63, 3.8) is 0 Å². The fourth-order valence-corrected chi connectivity index (χ4v) is 5.26. The van der Waals surface area contributed by atoms with E-state index >= 15 is 0 Å². The Morgan fingerprint density at radius 1 is 0.971 bits per heavy atom. The van der Waals surface area contributed by atoms with Crippen molar-refractivity contribution in [1.82, 2.24) is 13.7 Å². The SMILES string of the molecule is CS(=O)(=O)CCCn1c(Cn2c(=O)n(CC(F)(F)F)c3c(Cl)cccc32)cc2cc(Cl)ccc21. The highest BCUT2D eigenvalue weighted by Gasteiger charge is 2.31. The van der Waals surface area contributed by atoms with E-state index in [-0.39, 0.29) is 28.4 Å². The summed E-state index contributed by atoms with van der Waals surface area (Å²) < 4.78 is 66.6. The summed E-state index contributed by atoms with van der Waals surface area (Å²) in [5.74, 6) is -0.0276. The summed E-state index contributed by atoms with van der Waals surface area (Å²) in [6.45, 7) is -1.16. The normalized spacial score (nSPS) is 12.8. The molecule has 4 aromatic rings. The van der Waals surface area contributed by atoms with Crippen LogP contribution in [0.1, 0.15) is 12.1 Å². The van der Waals surface area contributed by atoms with Crippen molar-refractivity contribution in [3.8, 4) is 0 Å². The van der Waals surface area contributed by atoms with Crippen molar-refractivity contribution >= 4 is 55.0 Å². The molecule has 0 bridgehead atoms. The Bertz CT molecular complexity index is 1550. The van der Waals surface area contributed by atoms with Crippen molar-refractivity contribution < 1.29 is 21.6 Å². The molecule has 0 aliphatic carbocycles. The van der Waals surface area contributed by atoms with Gasteiger partial charge in [-0.15, -0.1) is 0 Å². The molecular weight excluding hydrogens is 514 g/mol. The molecular formula is C22H20Cl2F3N3O3S. The van der Waals surface area contributed by atoms with Crippen LogP contribution in [0.15, 0.2) is 47.3 Å². The molecule has 0 saturated carbocycles. The van der Waals surface area contributed by atoms with Gasteiger partial charge in [-0.3, -0.25) is 9.13 Å². The minimum absolute atomic E-state index is 0.00859. The van der Waals surface area contributed by atoms with Gasteiger partial charge in [-0.05, 0) is 42.8 Å². The zero-order chi connectivity index (χ0) is 24.8. The van der Waals surface area contributed by atoms with Crippen LogP contribution in [0.2, 0.25) is 10.0 Å². The minimum Gasteiger partial charge on any atom is -0.343 e. The number of hydrogen-bond acceptors (Lipinski definition) is 3. The molecule has 34 heavy (non-hydrogen) atoms. The largest absolute Gasteiger partial charge is 0.406 e.